The average molecular weight is 492 g/mol. The van der Waals surface area contributed by atoms with Crippen molar-refractivity contribution >= 4 is 27.5 Å². The minimum atomic E-state index is -4.85. The van der Waals surface area contributed by atoms with E-state index in [1.165, 1.54) is 14.0 Å². The third-order valence-electron chi connectivity index (χ3n) is 4.42. The van der Waals surface area contributed by atoms with Crippen molar-refractivity contribution in [2.24, 2.45) is 0 Å². The van der Waals surface area contributed by atoms with Gasteiger partial charge in [-0.1, -0.05) is 6.92 Å². The molecule has 33 heavy (non-hydrogen) atoms. The fourth-order valence-electron chi connectivity index (χ4n) is 2.74. The minimum absolute atomic E-state index is 0.0820. The maximum Gasteiger partial charge on any atom is 0.435 e. The Bertz CT molecular complexity index is 1180. The number of nitrogens with zero attached hydrogens (tertiary/aromatic N) is 2. The summed E-state index contributed by atoms with van der Waals surface area (Å²) in [6.07, 6.45) is -4.10. The second-order valence-corrected chi connectivity index (χ2v) is 9.10. The zero-order valence-electron chi connectivity index (χ0n) is 17.6. The van der Waals surface area contributed by atoms with Crippen LogP contribution in [0.1, 0.15) is 35.6 Å². The molecule has 1 heterocycles. The van der Waals surface area contributed by atoms with Crippen molar-refractivity contribution in [2.75, 3.05) is 18.1 Å². The quantitative estimate of drug-likeness (QED) is 0.501. The number of rotatable bonds is 7. The van der Waals surface area contributed by atoms with Crippen LogP contribution in [0.25, 0.3) is 0 Å². The fourth-order valence-corrected chi connectivity index (χ4v) is 4.33. The van der Waals surface area contributed by atoms with E-state index in [0.29, 0.717) is 6.07 Å². The van der Waals surface area contributed by atoms with Crippen LogP contribution in [0.4, 0.5) is 23.4 Å². The number of anilines is 1. The predicted molar refractivity (Wildman–Crippen MR) is 108 cm³/mol. The molecule has 2 amide bonds. The van der Waals surface area contributed by atoms with Gasteiger partial charge < -0.3 is 15.7 Å². The van der Waals surface area contributed by atoms with Gasteiger partial charge in [-0.05, 0) is 31.5 Å². The summed E-state index contributed by atoms with van der Waals surface area (Å²) in [7, 11) is -3.22. The van der Waals surface area contributed by atoms with E-state index in [9.17, 15) is 40.7 Å². The highest BCUT2D eigenvalue weighted by atomic mass is 32.2. The van der Waals surface area contributed by atoms with Crippen molar-refractivity contribution in [1.82, 2.24) is 15.3 Å². The molecule has 0 radical (unpaired) electrons. The maximum atomic E-state index is 14.1. The van der Waals surface area contributed by atoms with Gasteiger partial charge in [-0.3, -0.25) is 14.6 Å². The molecule has 9 nitrogen and oxygen atoms in total. The number of aliphatic hydroxyl groups is 1. The van der Waals surface area contributed by atoms with E-state index in [1.807, 2.05) is 5.32 Å². The summed E-state index contributed by atoms with van der Waals surface area (Å²) in [6.45, 7) is 2.24. The highest BCUT2D eigenvalue weighted by Gasteiger charge is 2.39. The Hall–Kier alpha value is -3.13. The number of aromatic nitrogens is 2. The Balaban J connectivity index is 2.27. The van der Waals surface area contributed by atoms with Crippen LogP contribution in [-0.4, -0.2) is 53.7 Å². The Morgan fingerprint density at radius 1 is 1.21 bits per heavy atom. The van der Waals surface area contributed by atoms with Gasteiger partial charge in [-0.2, -0.15) is 13.2 Å². The molecule has 1 atom stereocenters. The van der Waals surface area contributed by atoms with Gasteiger partial charge in [0.25, 0.3) is 11.8 Å². The Morgan fingerprint density at radius 3 is 2.36 bits per heavy atom. The topological polar surface area (TPSA) is 138 Å². The number of carbonyl (C=O) groups excluding carboxylic acids is 2. The fraction of sp³-hybridized carbons (Fsp3) is 0.368. The SMILES string of the molecule is CCc1ncc(NC(=O)[C@@](C)(O)CS(=O)(=O)c2ccc(C(=O)NC)c(F)c2)nc1C(F)(F)F. The van der Waals surface area contributed by atoms with Gasteiger partial charge in [0.1, 0.15) is 5.82 Å². The first-order valence-corrected chi connectivity index (χ1v) is 11.0. The van der Waals surface area contributed by atoms with E-state index in [-0.39, 0.29) is 12.1 Å². The number of alkyl halides is 3. The lowest BCUT2D eigenvalue weighted by molar-refractivity contribution is -0.142. The standard InChI is InChI=1S/C19H20F4N4O5S/c1-4-13-15(19(21,22)23)26-14(8-25-13)27-17(29)18(2,30)9-33(31,32)10-5-6-11(12(20)7-10)16(28)24-3/h5-8,30H,4,9H2,1-3H3,(H,24,28)(H,26,27,29)/t18-/m0/s1. The minimum Gasteiger partial charge on any atom is -0.379 e. The normalized spacial score (nSPS) is 13.8. The summed E-state index contributed by atoms with van der Waals surface area (Å²) in [5.74, 6) is -5.21. The molecule has 0 spiro atoms. The molecule has 0 saturated carbocycles. The van der Waals surface area contributed by atoms with Crippen molar-refractivity contribution in [2.45, 2.75) is 36.9 Å². The first-order chi connectivity index (χ1) is 15.1. The third-order valence-corrected chi connectivity index (χ3v) is 6.34. The molecular weight excluding hydrogens is 472 g/mol. The second-order valence-electron chi connectivity index (χ2n) is 7.11. The Kier molecular flexibility index (Phi) is 7.43. The molecule has 0 bridgehead atoms. The van der Waals surface area contributed by atoms with Crippen LogP contribution in [0.3, 0.4) is 0 Å². The summed E-state index contributed by atoms with van der Waals surface area (Å²) in [5.41, 5.74) is -4.76. The van der Waals surface area contributed by atoms with Crippen molar-refractivity contribution in [3.05, 3.63) is 47.2 Å². The molecule has 0 aliphatic carbocycles. The van der Waals surface area contributed by atoms with Gasteiger partial charge in [0.2, 0.25) is 0 Å². The smallest absolute Gasteiger partial charge is 0.379 e. The van der Waals surface area contributed by atoms with E-state index in [1.54, 1.807) is 0 Å². The number of halogens is 4. The lowest BCUT2D eigenvalue weighted by Gasteiger charge is -2.22. The van der Waals surface area contributed by atoms with Gasteiger partial charge >= 0.3 is 6.18 Å². The number of aryl methyl sites for hydroxylation is 1. The van der Waals surface area contributed by atoms with Crippen LogP contribution in [0.2, 0.25) is 0 Å². The number of hydrogen-bond donors (Lipinski definition) is 3. The van der Waals surface area contributed by atoms with E-state index in [0.717, 1.165) is 25.3 Å². The Morgan fingerprint density at radius 2 is 1.85 bits per heavy atom. The lowest BCUT2D eigenvalue weighted by atomic mass is 10.1. The van der Waals surface area contributed by atoms with E-state index >= 15 is 0 Å². The molecule has 2 rings (SSSR count). The highest BCUT2D eigenvalue weighted by Crippen LogP contribution is 2.31. The van der Waals surface area contributed by atoms with Crippen LogP contribution in [0.15, 0.2) is 29.3 Å². The molecule has 0 saturated heterocycles. The van der Waals surface area contributed by atoms with E-state index < -0.39 is 67.0 Å². The van der Waals surface area contributed by atoms with E-state index in [4.69, 9.17) is 0 Å². The summed E-state index contributed by atoms with van der Waals surface area (Å²) in [4.78, 5) is 30.2. The molecule has 180 valence electrons. The molecular formula is C19H20F4N4O5S. The van der Waals surface area contributed by atoms with Gasteiger partial charge in [0.05, 0.1) is 28.1 Å². The first kappa shape index (κ1) is 26.1. The van der Waals surface area contributed by atoms with Gasteiger partial charge in [-0.25, -0.2) is 17.8 Å². The number of hydrogen-bond acceptors (Lipinski definition) is 7. The van der Waals surface area contributed by atoms with Gasteiger partial charge in [-0.15, -0.1) is 0 Å². The van der Waals surface area contributed by atoms with Crippen molar-refractivity contribution in [1.29, 1.82) is 0 Å². The molecule has 0 aliphatic rings. The second kappa shape index (κ2) is 9.39. The predicted octanol–water partition coefficient (Wildman–Crippen LogP) is 1.72. The molecule has 3 N–H and O–H groups in total. The number of carbonyl (C=O) groups is 2. The summed E-state index contributed by atoms with van der Waals surface area (Å²) < 4.78 is 78.7. The first-order valence-electron chi connectivity index (χ1n) is 9.33. The third kappa shape index (κ3) is 6.01. The molecule has 0 fully saturated rings. The van der Waals surface area contributed by atoms with Gasteiger partial charge in [0.15, 0.2) is 27.0 Å². The molecule has 14 heteroatoms. The van der Waals surface area contributed by atoms with Crippen molar-refractivity contribution < 1.29 is 40.7 Å². The number of amides is 2. The van der Waals surface area contributed by atoms with Crippen LogP contribution in [0.5, 0.6) is 0 Å². The summed E-state index contributed by atoms with van der Waals surface area (Å²) in [5, 5.41) is 14.5. The number of sulfone groups is 1. The van der Waals surface area contributed by atoms with Crippen molar-refractivity contribution in [3.63, 3.8) is 0 Å². The molecule has 0 aliphatic heterocycles. The van der Waals surface area contributed by atoms with Crippen molar-refractivity contribution in [3.8, 4) is 0 Å². The van der Waals surface area contributed by atoms with Crippen LogP contribution >= 0.6 is 0 Å². The van der Waals surface area contributed by atoms with Crippen LogP contribution < -0.4 is 10.6 Å². The van der Waals surface area contributed by atoms with Gasteiger partial charge in [0, 0.05) is 7.05 Å². The highest BCUT2D eigenvalue weighted by molar-refractivity contribution is 7.91. The summed E-state index contributed by atoms with van der Waals surface area (Å²) in [6, 6.07) is 2.39. The molecule has 1 aromatic heterocycles. The molecule has 2 aromatic rings. The maximum absolute atomic E-state index is 14.1. The number of benzene rings is 1. The molecule has 0 unspecified atom stereocenters. The summed E-state index contributed by atoms with van der Waals surface area (Å²) >= 11 is 0. The largest absolute Gasteiger partial charge is 0.435 e. The lowest BCUT2D eigenvalue weighted by Crippen LogP contribution is -2.46. The molecule has 1 aromatic carbocycles. The average Bonchev–Trinajstić information content (AvgIpc) is 2.71. The Labute approximate surface area is 186 Å². The zero-order chi connectivity index (χ0) is 25.2. The van der Waals surface area contributed by atoms with Crippen LogP contribution in [-0.2, 0) is 27.2 Å². The zero-order valence-corrected chi connectivity index (χ0v) is 18.4. The van der Waals surface area contributed by atoms with E-state index in [2.05, 4.69) is 15.3 Å². The number of nitrogens with one attached hydrogen (secondary N) is 2. The monoisotopic (exact) mass is 492 g/mol. The van der Waals surface area contributed by atoms with Crippen LogP contribution in [0, 0.1) is 5.82 Å².